The second kappa shape index (κ2) is 5.97. The van der Waals surface area contributed by atoms with Gasteiger partial charge in [0.05, 0.1) is 0 Å². The van der Waals surface area contributed by atoms with E-state index in [2.05, 4.69) is 10.6 Å². The molecule has 0 saturated heterocycles. The molecule has 0 aliphatic carbocycles. The van der Waals surface area contributed by atoms with E-state index in [4.69, 9.17) is 5.11 Å². The molecule has 0 aliphatic rings. The Kier molecular flexibility index (Phi) is 5.56. The Bertz CT molecular complexity index is 117. The number of rotatable bonds is 4. The standard InChI is InChI=1S/C7H16N2O2/c1-6(3-4-10)5-9-7(11)8-2/h6,10H,3-5H2,1-2H3,(H2,8,9,11). The normalized spacial score (nSPS) is 12.3. The van der Waals surface area contributed by atoms with Gasteiger partial charge in [-0.2, -0.15) is 0 Å². The van der Waals surface area contributed by atoms with Crippen LogP contribution >= 0.6 is 0 Å². The average molecular weight is 160 g/mol. The first-order valence-corrected chi connectivity index (χ1v) is 3.77. The van der Waals surface area contributed by atoms with Crippen molar-refractivity contribution in [1.29, 1.82) is 0 Å². The number of nitrogens with one attached hydrogen (secondary N) is 2. The van der Waals surface area contributed by atoms with Crippen molar-refractivity contribution in [3.63, 3.8) is 0 Å². The van der Waals surface area contributed by atoms with Crippen LogP contribution in [0.1, 0.15) is 13.3 Å². The number of amides is 2. The highest BCUT2D eigenvalue weighted by Gasteiger charge is 2.01. The minimum absolute atomic E-state index is 0.171. The van der Waals surface area contributed by atoms with Crippen LogP contribution in [0.2, 0.25) is 0 Å². The van der Waals surface area contributed by atoms with Crippen molar-refractivity contribution in [2.75, 3.05) is 20.2 Å². The average Bonchev–Trinajstić information content (AvgIpc) is 2.01. The van der Waals surface area contributed by atoms with Crippen LogP contribution in [0, 0.1) is 5.92 Å². The number of hydrogen-bond donors (Lipinski definition) is 3. The summed E-state index contributed by atoms with van der Waals surface area (Å²) in [6, 6.07) is -0.171. The van der Waals surface area contributed by atoms with Crippen LogP contribution in [0.5, 0.6) is 0 Å². The Morgan fingerprint density at radius 1 is 1.64 bits per heavy atom. The molecule has 2 amide bonds. The zero-order valence-corrected chi connectivity index (χ0v) is 7.05. The predicted octanol–water partition coefficient (Wildman–Crippen LogP) is -0.0661. The van der Waals surface area contributed by atoms with E-state index in [0.717, 1.165) is 6.42 Å². The van der Waals surface area contributed by atoms with Crippen molar-refractivity contribution in [1.82, 2.24) is 10.6 Å². The van der Waals surface area contributed by atoms with Crippen molar-refractivity contribution in [2.45, 2.75) is 13.3 Å². The topological polar surface area (TPSA) is 61.4 Å². The number of aliphatic hydroxyl groups is 1. The monoisotopic (exact) mass is 160 g/mol. The lowest BCUT2D eigenvalue weighted by atomic mass is 10.1. The van der Waals surface area contributed by atoms with E-state index in [1.807, 2.05) is 6.92 Å². The van der Waals surface area contributed by atoms with Crippen LogP contribution in [-0.2, 0) is 0 Å². The van der Waals surface area contributed by atoms with Crippen LogP contribution < -0.4 is 10.6 Å². The minimum Gasteiger partial charge on any atom is -0.396 e. The molecule has 0 aromatic heterocycles. The summed E-state index contributed by atoms with van der Waals surface area (Å²) in [4.78, 5) is 10.6. The lowest BCUT2D eigenvalue weighted by Gasteiger charge is -2.09. The highest BCUT2D eigenvalue weighted by Crippen LogP contribution is 1.97. The van der Waals surface area contributed by atoms with Crippen LogP contribution in [0.15, 0.2) is 0 Å². The first kappa shape index (κ1) is 10.2. The van der Waals surface area contributed by atoms with Crippen molar-refractivity contribution < 1.29 is 9.90 Å². The van der Waals surface area contributed by atoms with Gasteiger partial charge in [0.1, 0.15) is 0 Å². The third-order valence-electron chi connectivity index (χ3n) is 1.46. The number of carbonyl (C=O) groups is 1. The Morgan fingerprint density at radius 3 is 2.73 bits per heavy atom. The van der Waals surface area contributed by atoms with E-state index >= 15 is 0 Å². The van der Waals surface area contributed by atoms with E-state index in [1.54, 1.807) is 7.05 Å². The highest BCUT2D eigenvalue weighted by atomic mass is 16.3. The number of carbonyl (C=O) groups excluding carboxylic acids is 1. The highest BCUT2D eigenvalue weighted by molar-refractivity contribution is 5.73. The van der Waals surface area contributed by atoms with Gasteiger partial charge in [0.25, 0.3) is 0 Å². The molecule has 0 fully saturated rings. The summed E-state index contributed by atoms with van der Waals surface area (Å²) in [6.07, 6.45) is 0.726. The van der Waals surface area contributed by atoms with Crippen molar-refractivity contribution in [3.05, 3.63) is 0 Å². The molecule has 0 rings (SSSR count). The smallest absolute Gasteiger partial charge is 0.314 e. The van der Waals surface area contributed by atoms with E-state index in [1.165, 1.54) is 0 Å². The molecule has 66 valence electrons. The molecule has 4 heteroatoms. The van der Waals surface area contributed by atoms with E-state index in [0.29, 0.717) is 12.5 Å². The minimum atomic E-state index is -0.171. The Labute approximate surface area is 67.0 Å². The molecule has 0 aromatic rings. The van der Waals surface area contributed by atoms with Gasteiger partial charge < -0.3 is 15.7 Å². The Morgan fingerprint density at radius 2 is 2.27 bits per heavy atom. The first-order valence-electron chi connectivity index (χ1n) is 3.77. The molecule has 0 saturated carbocycles. The largest absolute Gasteiger partial charge is 0.396 e. The second-order valence-electron chi connectivity index (χ2n) is 2.58. The Hall–Kier alpha value is -0.770. The van der Waals surface area contributed by atoms with Gasteiger partial charge in [-0.05, 0) is 12.3 Å². The molecule has 0 heterocycles. The lowest BCUT2D eigenvalue weighted by molar-refractivity contribution is 0.235. The van der Waals surface area contributed by atoms with Crippen molar-refractivity contribution in [3.8, 4) is 0 Å². The zero-order chi connectivity index (χ0) is 8.69. The molecule has 0 bridgehead atoms. The van der Waals surface area contributed by atoms with Gasteiger partial charge in [-0.1, -0.05) is 6.92 Å². The molecule has 4 nitrogen and oxygen atoms in total. The molecule has 0 spiro atoms. The zero-order valence-electron chi connectivity index (χ0n) is 7.05. The first-order chi connectivity index (χ1) is 5.20. The van der Waals surface area contributed by atoms with Gasteiger partial charge in [0, 0.05) is 20.2 Å². The van der Waals surface area contributed by atoms with Crippen LogP contribution in [0.3, 0.4) is 0 Å². The molecule has 1 unspecified atom stereocenters. The maximum atomic E-state index is 10.6. The summed E-state index contributed by atoms with van der Waals surface area (Å²) in [5.74, 6) is 0.331. The number of hydrogen-bond acceptors (Lipinski definition) is 2. The third-order valence-corrected chi connectivity index (χ3v) is 1.46. The summed E-state index contributed by atoms with van der Waals surface area (Å²) in [5, 5.41) is 13.6. The molecule has 0 aromatic carbocycles. The maximum absolute atomic E-state index is 10.6. The molecular weight excluding hydrogens is 144 g/mol. The number of aliphatic hydroxyl groups excluding tert-OH is 1. The van der Waals surface area contributed by atoms with E-state index in [-0.39, 0.29) is 12.6 Å². The SMILES string of the molecule is CNC(=O)NCC(C)CCO. The molecule has 11 heavy (non-hydrogen) atoms. The summed E-state index contributed by atoms with van der Waals surface area (Å²) in [7, 11) is 1.58. The van der Waals surface area contributed by atoms with Crippen LogP contribution in [0.25, 0.3) is 0 Å². The second-order valence-corrected chi connectivity index (χ2v) is 2.58. The summed E-state index contributed by atoms with van der Waals surface area (Å²) < 4.78 is 0. The van der Waals surface area contributed by atoms with Gasteiger partial charge in [0.2, 0.25) is 0 Å². The van der Waals surface area contributed by atoms with Gasteiger partial charge in [0.15, 0.2) is 0 Å². The van der Waals surface area contributed by atoms with E-state index in [9.17, 15) is 4.79 Å². The van der Waals surface area contributed by atoms with Crippen LogP contribution in [0.4, 0.5) is 4.79 Å². The van der Waals surface area contributed by atoms with Crippen molar-refractivity contribution >= 4 is 6.03 Å². The molecular formula is C7H16N2O2. The number of urea groups is 1. The maximum Gasteiger partial charge on any atom is 0.314 e. The fourth-order valence-corrected chi connectivity index (χ4v) is 0.678. The van der Waals surface area contributed by atoms with Crippen LogP contribution in [-0.4, -0.2) is 31.3 Å². The third kappa shape index (κ3) is 5.66. The summed E-state index contributed by atoms with van der Waals surface area (Å²) in [6.45, 7) is 2.77. The predicted molar refractivity (Wildman–Crippen MR) is 43.3 cm³/mol. The summed E-state index contributed by atoms with van der Waals surface area (Å²) >= 11 is 0. The van der Waals surface area contributed by atoms with Crippen molar-refractivity contribution in [2.24, 2.45) is 5.92 Å². The molecule has 3 N–H and O–H groups in total. The molecule has 1 atom stereocenters. The van der Waals surface area contributed by atoms with Gasteiger partial charge >= 0.3 is 6.03 Å². The fraction of sp³-hybridized carbons (Fsp3) is 0.857. The van der Waals surface area contributed by atoms with Gasteiger partial charge in [-0.15, -0.1) is 0 Å². The fourth-order valence-electron chi connectivity index (χ4n) is 0.678. The summed E-state index contributed by atoms with van der Waals surface area (Å²) in [5.41, 5.74) is 0. The molecule has 0 aliphatic heterocycles. The van der Waals surface area contributed by atoms with E-state index < -0.39 is 0 Å². The quantitative estimate of drug-likeness (QED) is 0.539. The van der Waals surface area contributed by atoms with Gasteiger partial charge in [-0.25, -0.2) is 4.79 Å². The van der Waals surface area contributed by atoms with Gasteiger partial charge in [-0.3, -0.25) is 0 Å². The molecule has 0 radical (unpaired) electrons. The Balaban J connectivity index is 3.29. The lowest BCUT2D eigenvalue weighted by Crippen LogP contribution is -2.35.